The Kier molecular flexibility index (Phi) is 4.24. The van der Waals surface area contributed by atoms with Gasteiger partial charge in [-0.25, -0.2) is 0 Å². The molecule has 1 aromatic heterocycles. The van der Waals surface area contributed by atoms with Gasteiger partial charge in [0.15, 0.2) is 0 Å². The Morgan fingerprint density at radius 2 is 1.78 bits per heavy atom. The summed E-state index contributed by atoms with van der Waals surface area (Å²) in [4.78, 5) is 21.9. The van der Waals surface area contributed by atoms with Gasteiger partial charge in [-0.1, -0.05) is 18.2 Å². The molecule has 140 valence electrons. The summed E-state index contributed by atoms with van der Waals surface area (Å²) in [6, 6.07) is 12.6. The number of likely N-dealkylation sites (tertiary alicyclic amines) is 1. The van der Waals surface area contributed by atoms with Crippen molar-refractivity contribution in [2.45, 2.75) is 44.1 Å². The maximum Gasteiger partial charge on any atom is 0.228 e. The van der Waals surface area contributed by atoms with E-state index in [0.29, 0.717) is 13.0 Å². The van der Waals surface area contributed by atoms with Gasteiger partial charge in [-0.2, -0.15) is 0 Å². The van der Waals surface area contributed by atoms with E-state index in [1.807, 2.05) is 17.0 Å². The second-order valence-corrected chi connectivity index (χ2v) is 8.55. The normalized spacial score (nSPS) is 22.1. The number of pyridine rings is 1. The number of carbonyl (C=O) groups is 1. The molecule has 0 radical (unpaired) electrons. The third-order valence-corrected chi connectivity index (χ3v) is 6.67. The van der Waals surface area contributed by atoms with Crippen LogP contribution in [0, 0.1) is 5.92 Å². The first-order valence-corrected chi connectivity index (χ1v) is 10.2. The van der Waals surface area contributed by atoms with Crippen LogP contribution in [0.4, 0.5) is 5.69 Å². The minimum atomic E-state index is 0.0302. The van der Waals surface area contributed by atoms with Crippen molar-refractivity contribution in [3.63, 3.8) is 0 Å². The topological polar surface area (TPSA) is 36.4 Å². The molecular weight excluding hydrogens is 334 g/mol. The van der Waals surface area contributed by atoms with Crippen LogP contribution in [0.3, 0.4) is 0 Å². The highest BCUT2D eigenvalue weighted by molar-refractivity contribution is 5.98. The fourth-order valence-electron chi connectivity index (χ4n) is 4.89. The van der Waals surface area contributed by atoms with Crippen molar-refractivity contribution >= 4 is 11.6 Å². The van der Waals surface area contributed by atoms with Crippen molar-refractivity contribution in [3.8, 4) is 0 Å². The molecule has 3 heterocycles. The standard InChI is InChI=1S/C23H27N3O/c27-22-15-23(9-13-25(14-10-23)16-18-5-6-18)20-3-1-2-4-21(20)26(22)17-19-7-11-24-12-8-19/h1-4,7-8,11-12,18H,5-6,9-10,13-17H2. The van der Waals surface area contributed by atoms with E-state index in [4.69, 9.17) is 0 Å². The largest absolute Gasteiger partial charge is 0.308 e. The molecule has 1 saturated heterocycles. The van der Waals surface area contributed by atoms with E-state index in [0.717, 1.165) is 43.1 Å². The number of amides is 1. The summed E-state index contributed by atoms with van der Waals surface area (Å²) in [5.74, 6) is 1.20. The molecule has 0 atom stereocenters. The molecule has 0 bridgehead atoms. The number of fused-ring (bicyclic) bond motifs is 2. The smallest absolute Gasteiger partial charge is 0.228 e. The van der Waals surface area contributed by atoms with E-state index < -0.39 is 0 Å². The van der Waals surface area contributed by atoms with Gasteiger partial charge in [0, 0.05) is 36.5 Å². The first kappa shape index (κ1) is 16.9. The average Bonchev–Trinajstić information content (AvgIpc) is 3.52. The minimum Gasteiger partial charge on any atom is -0.308 e. The number of hydrogen-bond acceptors (Lipinski definition) is 3. The van der Waals surface area contributed by atoms with Crippen LogP contribution in [0.2, 0.25) is 0 Å². The number of piperidine rings is 1. The van der Waals surface area contributed by atoms with Gasteiger partial charge < -0.3 is 9.80 Å². The number of carbonyl (C=O) groups excluding carboxylic acids is 1. The fourth-order valence-corrected chi connectivity index (χ4v) is 4.89. The van der Waals surface area contributed by atoms with Crippen molar-refractivity contribution in [3.05, 3.63) is 59.9 Å². The van der Waals surface area contributed by atoms with Crippen LogP contribution >= 0.6 is 0 Å². The maximum atomic E-state index is 13.2. The van der Waals surface area contributed by atoms with E-state index >= 15 is 0 Å². The predicted molar refractivity (Wildman–Crippen MR) is 107 cm³/mol. The van der Waals surface area contributed by atoms with Crippen LogP contribution in [0.1, 0.15) is 43.2 Å². The zero-order chi connectivity index (χ0) is 18.3. The Balaban J connectivity index is 1.41. The number of para-hydroxylation sites is 1. The molecule has 1 spiro atoms. The molecule has 2 fully saturated rings. The highest BCUT2D eigenvalue weighted by Crippen LogP contribution is 2.47. The quantitative estimate of drug-likeness (QED) is 0.832. The summed E-state index contributed by atoms with van der Waals surface area (Å²) in [6.07, 6.45) is 9.27. The van der Waals surface area contributed by atoms with Crippen molar-refractivity contribution in [2.75, 3.05) is 24.5 Å². The van der Waals surface area contributed by atoms with Crippen molar-refractivity contribution < 1.29 is 4.79 Å². The molecule has 4 heteroatoms. The molecule has 27 heavy (non-hydrogen) atoms. The summed E-state index contributed by atoms with van der Waals surface area (Å²) < 4.78 is 0. The number of rotatable bonds is 4. The third-order valence-electron chi connectivity index (χ3n) is 6.67. The zero-order valence-corrected chi connectivity index (χ0v) is 15.8. The Morgan fingerprint density at radius 1 is 1.04 bits per heavy atom. The summed E-state index contributed by atoms with van der Waals surface area (Å²) >= 11 is 0. The molecule has 2 aromatic rings. The lowest BCUT2D eigenvalue weighted by Crippen LogP contribution is -2.50. The molecule has 2 aliphatic heterocycles. The fraction of sp³-hybridized carbons (Fsp3) is 0.478. The van der Waals surface area contributed by atoms with Gasteiger partial charge >= 0.3 is 0 Å². The van der Waals surface area contributed by atoms with Crippen LogP contribution in [0.25, 0.3) is 0 Å². The van der Waals surface area contributed by atoms with Gasteiger partial charge in [-0.15, -0.1) is 0 Å². The van der Waals surface area contributed by atoms with Crippen LogP contribution in [-0.4, -0.2) is 35.4 Å². The highest BCUT2D eigenvalue weighted by atomic mass is 16.2. The molecule has 1 aromatic carbocycles. The van der Waals surface area contributed by atoms with Crippen molar-refractivity contribution in [2.24, 2.45) is 5.92 Å². The average molecular weight is 361 g/mol. The zero-order valence-electron chi connectivity index (χ0n) is 15.8. The first-order chi connectivity index (χ1) is 13.2. The van der Waals surface area contributed by atoms with E-state index in [-0.39, 0.29) is 11.3 Å². The lowest BCUT2D eigenvalue weighted by atomic mass is 9.67. The molecule has 3 aliphatic rings. The van der Waals surface area contributed by atoms with E-state index in [9.17, 15) is 4.79 Å². The van der Waals surface area contributed by atoms with E-state index in [2.05, 4.69) is 34.1 Å². The molecule has 5 rings (SSSR count). The van der Waals surface area contributed by atoms with Gasteiger partial charge in [-0.3, -0.25) is 9.78 Å². The van der Waals surface area contributed by atoms with Crippen LogP contribution in [0.15, 0.2) is 48.8 Å². The van der Waals surface area contributed by atoms with Crippen LogP contribution in [-0.2, 0) is 16.8 Å². The Bertz CT molecular complexity index is 823. The molecule has 1 amide bonds. The molecular formula is C23H27N3O. The SMILES string of the molecule is O=C1CC2(CCN(CC3CC3)CC2)c2ccccc2N1Cc1ccncc1. The van der Waals surface area contributed by atoms with Crippen LogP contribution < -0.4 is 4.90 Å². The van der Waals surface area contributed by atoms with Gasteiger partial charge in [-0.05, 0) is 74.0 Å². The van der Waals surface area contributed by atoms with E-state index in [1.54, 1.807) is 12.4 Å². The first-order valence-electron chi connectivity index (χ1n) is 10.2. The monoisotopic (exact) mass is 361 g/mol. The summed E-state index contributed by atoms with van der Waals surface area (Å²) in [5, 5.41) is 0. The lowest BCUT2D eigenvalue weighted by molar-refractivity contribution is -0.121. The maximum absolute atomic E-state index is 13.2. The number of anilines is 1. The third kappa shape index (κ3) is 3.27. The second-order valence-electron chi connectivity index (χ2n) is 8.55. The molecule has 0 N–H and O–H groups in total. The predicted octanol–water partition coefficient (Wildman–Crippen LogP) is 3.76. The Hall–Kier alpha value is -2.20. The highest BCUT2D eigenvalue weighted by Gasteiger charge is 2.45. The lowest BCUT2D eigenvalue weighted by Gasteiger charge is -2.47. The molecule has 1 aliphatic carbocycles. The Labute approximate surface area is 161 Å². The van der Waals surface area contributed by atoms with Crippen molar-refractivity contribution in [1.82, 2.24) is 9.88 Å². The number of hydrogen-bond donors (Lipinski definition) is 0. The molecule has 0 unspecified atom stereocenters. The number of aromatic nitrogens is 1. The number of nitrogens with zero attached hydrogens (tertiary/aromatic N) is 3. The molecule has 1 saturated carbocycles. The number of benzene rings is 1. The van der Waals surface area contributed by atoms with Gasteiger partial charge in [0.2, 0.25) is 5.91 Å². The minimum absolute atomic E-state index is 0.0302. The summed E-state index contributed by atoms with van der Waals surface area (Å²) in [5.41, 5.74) is 3.65. The molecule has 4 nitrogen and oxygen atoms in total. The summed E-state index contributed by atoms with van der Waals surface area (Å²) in [7, 11) is 0. The van der Waals surface area contributed by atoms with Gasteiger partial charge in [0.25, 0.3) is 0 Å². The van der Waals surface area contributed by atoms with E-state index in [1.165, 1.54) is 24.9 Å². The van der Waals surface area contributed by atoms with Gasteiger partial charge in [0.05, 0.1) is 6.54 Å². The van der Waals surface area contributed by atoms with Crippen LogP contribution in [0.5, 0.6) is 0 Å². The van der Waals surface area contributed by atoms with Crippen molar-refractivity contribution in [1.29, 1.82) is 0 Å². The summed E-state index contributed by atoms with van der Waals surface area (Å²) in [6.45, 7) is 4.15. The van der Waals surface area contributed by atoms with Gasteiger partial charge in [0.1, 0.15) is 0 Å². The Morgan fingerprint density at radius 3 is 2.52 bits per heavy atom. The second kappa shape index (κ2) is 6.75.